The van der Waals surface area contributed by atoms with E-state index in [9.17, 15) is 87.5 Å². The van der Waals surface area contributed by atoms with Gasteiger partial charge in [0.25, 0.3) is 34.4 Å². The summed E-state index contributed by atoms with van der Waals surface area (Å²) in [4.78, 5) is 149. The minimum Gasteiger partial charge on any atom is -0.495 e. The third-order valence-corrected chi connectivity index (χ3v) is 24.2. The fourth-order valence-electron chi connectivity index (χ4n) is 17.1. The molecular formula is C93H86F15N17O17. The van der Waals surface area contributed by atoms with E-state index in [1.807, 2.05) is 12.1 Å². The maximum atomic E-state index is 15.3. The standard InChI is InChI=1S/C34H30F5N5O6.C30H29F5N6O6.C29H27F5N6O5/c1-42-25-7-5-4-6-20(25)29(48-2)27(32(42)46)21-9-8-18(44-11-10-40-30(21)44)16-24(33(47)49-3)41-31(45)28-22(35)14-19(15-23(28)36)43-12-13-50-17-26(43)34(37,38)39;1-15-23(27(43)39(3)29(45)38(15)2)18-6-5-16(41-8-7-36-25(18)41)13-21(28(44)46-4)37-26(42)24-19(31)11-17(12-20(24)32)40-9-10-47-14-22(40)30(33,34)35;1-15-13-38(2)27(42)24(36-15)18-5-4-16(40-7-6-35-25(18)40)12-21(28(43)44-3)37-26(41)23-19(30)10-17(11-20(23)31)39-8-9-45-14-22(39)29(32,33)34/h4-11,14-15,24,26H,12-13,16-17H2,1-3H3,(H,41,45);5-8,11-12,21-22H,9-10,13-14H2,1-4H3,(H,37,42);4-7,10-11,13,21-22H,8-9,12,14H2,1-3H3,(H,37,41)/t24-,26-;2*21-,22-/m000/s1. The molecule has 13 aromatic rings. The molecule has 0 bridgehead atoms. The Hall–Kier alpha value is -15.4. The summed E-state index contributed by atoms with van der Waals surface area (Å²) in [6, 6.07) is 9.62. The molecule has 142 heavy (non-hydrogen) atoms. The van der Waals surface area contributed by atoms with Crippen molar-refractivity contribution in [2.75, 3.05) is 102 Å². The highest BCUT2D eigenvalue weighted by Gasteiger charge is 2.49. The summed E-state index contributed by atoms with van der Waals surface area (Å²) in [6.45, 7) is -0.0208. The smallest absolute Gasteiger partial charge is 0.411 e. The first-order valence-electron chi connectivity index (χ1n) is 43.0. The third kappa shape index (κ3) is 20.6. The van der Waals surface area contributed by atoms with Crippen LogP contribution in [0.5, 0.6) is 5.75 Å². The number of rotatable bonds is 22. The molecular weight excluding hydrogens is 1910 g/mol. The number of pyridine rings is 4. The zero-order valence-corrected chi connectivity index (χ0v) is 76.6. The molecule has 0 spiro atoms. The third-order valence-electron chi connectivity index (χ3n) is 24.2. The van der Waals surface area contributed by atoms with E-state index in [1.165, 1.54) is 64.1 Å². The highest BCUT2D eigenvalue weighted by molar-refractivity contribution is 6.00. The maximum absolute atomic E-state index is 15.3. The van der Waals surface area contributed by atoms with Crippen LogP contribution in [0.3, 0.4) is 0 Å². The number of benzene rings is 4. The number of aryl methyl sites for hydroxylation is 3. The number of alkyl halides is 9. The van der Waals surface area contributed by atoms with Crippen LogP contribution in [0.4, 0.5) is 82.9 Å². The van der Waals surface area contributed by atoms with Gasteiger partial charge in [-0.05, 0) is 98.8 Å². The average Bonchev–Trinajstić information content (AvgIpc) is 1.41. The number of anilines is 3. The zero-order chi connectivity index (χ0) is 103. The molecule has 3 N–H and O–H groups in total. The fourth-order valence-corrected chi connectivity index (χ4v) is 17.1. The van der Waals surface area contributed by atoms with Gasteiger partial charge in [-0.2, -0.15) is 39.5 Å². The van der Waals surface area contributed by atoms with E-state index in [2.05, 4.69) is 35.9 Å². The van der Waals surface area contributed by atoms with Crippen LogP contribution in [0.2, 0.25) is 0 Å². The Bertz CT molecular complexity index is 7310. The lowest BCUT2D eigenvalue weighted by Gasteiger charge is -2.38. The number of carbonyl (C=O) groups excluding carboxylic acids is 6. The number of para-hydroxylation sites is 1. The van der Waals surface area contributed by atoms with Gasteiger partial charge in [0.05, 0.1) is 90.4 Å². The average molecular weight is 2000 g/mol. The molecule has 4 aromatic carbocycles. The van der Waals surface area contributed by atoms with Crippen molar-refractivity contribution in [3.8, 4) is 39.3 Å². The SMILES string of the molecule is COC(=O)[C@H](Cc1ccc(-c2c(C)n(C)c(=O)n(C)c2=O)c2nccn12)NC(=O)c1c(F)cc(N2CCOC[C@H]2C(F)(F)F)cc1F.COC(=O)[C@H](Cc1ccc(-c2c(OC)c3ccccc3n(C)c2=O)c2nccn12)NC(=O)c1c(F)cc(N2CCOC[C@H]2C(F)(F)F)cc1F.COC(=O)[C@H](Cc1ccc(-c2nc(C)cn(C)c2=O)c2nccn12)NC(=O)c1c(F)cc(N2CCOC[C@H]2C(F)(F)F)cc1F. The van der Waals surface area contributed by atoms with Crippen LogP contribution in [-0.2, 0) is 90.3 Å². The molecule has 6 atom stereocenters. The minimum atomic E-state index is -4.75. The van der Waals surface area contributed by atoms with Gasteiger partial charge in [0.15, 0.2) is 0 Å². The van der Waals surface area contributed by atoms with Crippen LogP contribution in [0, 0.1) is 48.8 Å². The van der Waals surface area contributed by atoms with Crippen molar-refractivity contribution in [1.82, 2.24) is 67.4 Å². The van der Waals surface area contributed by atoms with Crippen molar-refractivity contribution in [3.63, 3.8) is 0 Å². The summed E-state index contributed by atoms with van der Waals surface area (Å²) in [5.41, 5.74) is -0.833. The van der Waals surface area contributed by atoms with Crippen LogP contribution in [-0.4, -0.2) is 230 Å². The normalized spacial score (nSPS) is 15.9. The van der Waals surface area contributed by atoms with Crippen molar-refractivity contribution in [3.05, 3.63) is 262 Å². The summed E-state index contributed by atoms with van der Waals surface area (Å²) in [5, 5.41) is 7.50. The number of methoxy groups -OCH3 is 4. The van der Waals surface area contributed by atoms with Crippen molar-refractivity contribution in [1.29, 1.82) is 0 Å². The molecule has 49 heteroatoms. The number of amides is 3. The molecule has 3 amide bonds. The Labute approximate surface area is 792 Å². The predicted octanol–water partition coefficient (Wildman–Crippen LogP) is 9.65. The van der Waals surface area contributed by atoms with E-state index in [4.69, 9.17) is 33.2 Å². The number of nitrogens with one attached hydrogen (secondary N) is 3. The fraction of sp³-hybridized carbons (Fsp3) is 0.333. The molecule has 3 aliphatic rings. The first-order chi connectivity index (χ1) is 67.3. The predicted molar refractivity (Wildman–Crippen MR) is 478 cm³/mol. The van der Waals surface area contributed by atoms with E-state index in [0.29, 0.717) is 110 Å². The van der Waals surface area contributed by atoms with E-state index >= 15 is 26.3 Å². The second-order valence-corrected chi connectivity index (χ2v) is 32.8. The number of halogens is 15. The Morgan fingerprint density at radius 1 is 0.444 bits per heavy atom. The van der Waals surface area contributed by atoms with Gasteiger partial charge in [-0.1, -0.05) is 12.1 Å². The number of hydrogen-bond donors (Lipinski definition) is 3. The molecule has 0 radical (unpaired) electrons. The number of esters is 3. The molecule has 0 saturated carbocycles. The number of aromatic nitrogens is 11. The quantitative estimate of drug-likeness (QED) is 0.0323. The molecule has 0 aliphatic carbocycles. The number of fused-ring (bicyclic) bond motifs is 4. The Kier molecular flexibility index (Phi) is 30.0. The zero-order valence-electron chi connectivity index (χ0n) is 76.6. The van der Waals surface area contributed by atoms with Crippen LogP contribution in [0.25, 0.3) is 61.4 Å². The first-order valence-corrected chi connectivity index (χ1v) is 43.0. The van der Waals surface area contributed by atoms with Crippen molar-refractivity contribution in [2.45, 2.75) is 87.9 Å². The number of carbonyl (C=O) groups is 6. The molecule has 0 unspecified atom stereocenters. The number of nitrogens with zero attached hydrogens (tertiary/aromatic N) is 14. The van der Waals surface area contributed by atoms with E-state index in [0.717, 1.165) is 40.6 Å². The van der Waals surface area contributed by atoms with E-state index in [1.54, 1.807) is 104 Å². The minimum absolute atomic E-state index is 0.0951. The summed E-state index contributed by atoms with van der Waals surface area (Å²) in [5.74, 6) is -15.1. The van der Waals surface area contributed by atoms with Gasteiger partial charge in [0.2, 0.25) is 0 Å². The molecule has 9 aromatic heterocycles. The molecule has 3 fully saturated rings. The number of morpholine rings is 3. The molecule has 750 valence electrons. The highest BCUT2D eigenvalue weighted by Crippen LogP contribution is 2.40. The van der Waals surface area contributed by atoms with Crippen molar-refractivity contribution >= 4 is 80.5 Å². The Morgan fingerprint density at radius 2 is 0.782 bits per heavy atom. The highest BCUT2D eigenvalue weighted by atomic mass is 19.4. The van der Waals surface area contributed by atoms with Crippen molar-refractivity contribution in [2.24, 2.45) is 28.2 Å². The molecule has 34 nitrogen and oxygen atoms in total. The van der Waals surface area contributed by atoms with Crippen LogP contribution in [0.1, 0.15) is 59.5 Å². The largest absolute Gasteiger partial charge is 0.495 e. The molecule has 3 saturated heterocycles. The van der Waals surface area contributed by atoms with Gasteiger partial charge in [-0.25, -0.2) is 65.5 Å². The Morgan fingerprint density at radius 3 is 1.13 bits per heavy atom. The van der Waals surface area contributed by atoms with Gasteiger partial charge in [0, 0.05) is 172 Å². The lowest BCUT2D eigenvalue weighted by Crippen LogP contribution is -2.53. The summed E-state index contributed by atoms with van der Waals surface area (Å²) >= 11 is 0. The number of hydrogen-bond acceptors (Lipinski definition) is 24. The maximum Gasteiger partial charge on any atom is 0.411 e. The summed E-state index contributed by atoms with van der Waals surface area (Å²) in [7, 11) is 10.7. The summed E-state index contributed by atoms with van der Waals surface area (Å²) in [6.07, 6.45) is -4.38. The molecule has 3 aliphatic heterocycles. The van der Waals surface area contributed by atoms with E-state index < -0.39 is 190 Å². The van der Waals surface area contributed by atoms with Gasteiger partial charge < -0.3 is 90.7 Å². The molecule has 12 heterocycles. The van der Waals surface area contributed by atoms with Gasteiger partial charge in [-0.3, -0.25) is 33.3 Å². The number of imidazole rings is 3. The number of ether oxygens (including phenoxy) is 7. The second-order valence-electron chi connectivity index (χ2n) is 32.8. The van der Waals surface area contributed by atoms with Crippen LogP contribution < -0.4 is 57.8 Å². The Balaban J connectivity index is 0.000000169. The lowest BCUT2D eigenvalue weighted by molar-refractivity contribution is -0.167. The lowest BCUT2D eigenvalue weighted by atomic mass is 10.0. The van der Waals surface area contributed by atoms with Gasteiger partial charge in [0.1, 0.15) is 116 Å². The van der Waals surface area contributed by atoms with E-state index in [-0.39, 0.29) is 92.3 Å². The van der Waals surface area contributed by atoms with Crippen LogP contribution >= 0.6 is 0 Å². The first kappa shape index (κ1) is 102. The summed E-state index contributed by atoms with van der Waals surface area (Å²) < 4.78 is 258. The van der Waals surface area contributed by atoms with Gasteiger partial charge >= 0.3 is 42.1 Å². The van der Waals surface area contributed by atoms with Gasteiger partial charge in [-0.15, -0.1) is 0 Å². The monoisotopic (exact) mass is 2000 g/mol. The second kappa shape index (κ2) is 41.5. The van der Waals surface area contributed by atoms with Crippen LogP contribution in [0.15, 0.2) is 160 Å². The topological polar surface area (TPSA) is 366 Å². The van der Waals surface area contributed by atoms with Crippen molar-refractivity contribution < 1.29 is 128 Å². The molecule has 16 rings (SSSR count).